The Bertz CT molecular complexity index is 506. The van der Waals surface area contributed by atoms with Crippen LogP contribution >= 0.6 is 0 Å². The minimum atomic E-state index is 0.166. The van der Waals surface area contributed by atoms with Crippen LogP contribution < -0.4 is 10.1 Å². The monoisotopic (exact) mass is 288 g/mol. The van der Waals surface area contributed by atoms with Crippen LogP contribution in [0.1, 0.15) is 39.2 Å². The van der Waals surface area contributed by atoms with E-state index < -0.39 is 0 Å². The number of methoxy groups -OCH3 is 1. The third-order valence-electron chi connectivity index (χ3n) is 5.04. The number of hydrogen-bond donors (Lipinski definition) is 1. The molecule has 2 aliphatic rings. The van der Waals surface area contributed by atoms with Crippen LogP contribution in [0, 0.1) is 5.92 Å². The molecule has 0 spiro atoms. The maximum absolute atomic E-state index is 5.56. The van der Waals surface area contributed by atoms with Crippen molar-refractivity contribution in [3.63, 3.8) is 0 Å². The second-order valence-corrected chi connectivity index (χ2v) is 7.55. The zero-order valence-corrected chi connectivity index (χ0v) is 13.8. The van der Waals surface area contributed by atoms with Crippen molar-refractivity contribution in [2.75, 3.05) is 32.1 Å². The molecular formula is C18H28N2O. The van der Waals surface area contributed by atoms with Crippen LogP contribution in [0.2, 0.25) is 0 Å². The van der Waals surface area contributed by atoms with Gasteiger partial charge in [-0.05, 0) is 48.4 Å². The van der Waals surface area contributed by atoms with Crippen LogP contribution in [0.25, 0.3) is 0 Å². The first-order valence-electron chi connectivity index (χ1n) is 8.15. The van der Waals surface area contributed by atoms with E-state index in [0.717, 1.165) is 17.4 Å². The molecule has 3 heteroatoms. The molecule has 116 valence electrons. The van der Waals surface area contributed by atoms with E-state index in [1.54, 1.807) is 7.11 Å². The van der Waals surface area contributed by atoms with E-state index in [1.165, 1.54) is 38.0 Å². The van der Waals surface area contributed by atoms with Gasteiger partial charge in [0.1, 0.15) is 5.75 Å². The van der Waals surface area contributed by atoms with Crippen LogP contribution in [0.4, 0.5) is 5.69 Å². The van der Waals surface area contributed by atoms with Gasteiger partial charge in [0.25, 0.3) is 0 Å². The third kappa shape index (κ3) is 3.03. The molecule has 1 aromatic rings. The molecule has 2 saturated heterocycles. The molecule has 1 N–H and O–H groups in total. The van der Waals surface area contributed by atoms with Gasteiger partial charge < -0.3 is 15.0 Å². The second kappa shape index (κ2) is 5.53. The van der Waals surface area contributed by atoms with E-state index in [0.29, 0.717) is 6.04 Å². The average molecular weight is 288 g/mol. The van der Waals surface area contributed by atoms with E-state index in [1.807, 2.05) is 0 Å². The third-order valence-corrected chi connectivity index (χ3v) is 5.04. The number of ether oxygens (including phenoxy) is 1. The normalized spacial score (nSPS) is 28.5. The Hall–Kier alpha value is -1.22. The van der Waals surface area contributed by atoms with Crippen molar-refractivity contribution in [3.8, 4) is 5.75 Å². The maximum atomic E-state index is 5.56. The summed E-state index contributed by atoms with van der Waals surface area (Å²) in [5.74, 6) is 1.75. The number of fused-ring (bicyclic) bond motifs is 2. The van der Waals surface area contributed by atoms with Crippen molar-refractivity contribution < 1.29 is 4.74 Å². The Morgan fingerprint density at radius 1 is 1.19 bits per heavy atom. The molecule has 3 unspecified atom stereocenters. The van der Waals surface area contributed by atoms with Crippen LogP contribution in [-0.4, -0.2) is 37.7 Å². The fourth-order valence-electron chi connectivity index (χ4n) is 3.63. The highest BCUT2D eigenvalue weighted by Gasteiger charge is 2.34. The molecular weight excluding hydrogens is 260 g/mol. The van der Waals surface area contributed by atoms with Crippen LogP contribution in [0.15, 0.2) is 18.2 Å². The lowest BCUT2D eigenvalue weighted by Crippen LogP contribution is -2.39. The first-order chi connectivity index (χ1) is 9.97. The number of anilines is 1. The molecule has 0 aromatic heterocycles. The fourth-order valence-corrected chi connectivity index (χ4v) is 3.63. The molecule has 0 radical (unpaired) electrons. The van der Waals surface area contributed by atoms with Crippen LogP contribution in [-0.2, 0) is 5.41 Å². The molecule has 2 bridgehead atoms. The SMILES string of the molecule is COc1ccc(C(C)(C)C)cc1NC1CCN2CCC1C2. The quantitative estimate of drug-likeness (QED) is 0.921. The van der Waals surface area contributed by atoms with Gasteiger partial charge in [0.05, 0.1) is 12.8 Å². The molecule has 3 rings (SSSR count). The fraction of sp³-hybridized carbons (Fsp3) is 0.667. The Labute approximate surface area is 128 Å². The second-order valence-electron chi connectivity index (χ2n) is 7.55. The summed E-state index contributed by atoms with van der Waals surface area (Å²) in [7, 11) is 1.76. The summed E-state index contributed by atoms with van der Waals surface area (Å²) in [5.41, 5.74) is 2.68. The topological polar surface area (TPSA) is 24.5 Å². The van der Waals surface area contributed by atoms with Gasteiger partial charge in [0, 0.05) is 19.1 Å². The number of piperidine rings is 1. The predicted molar refractivity (Wildman–Crippen MR) is 88.3 cm³/mol. The highest BCUT2D eigenvalue weighted by atomic mass is 16.5. The summed E-state index contributed by atoms with van der Waals surface area (Å²) in [5, 5.41) is 3.79. The molecule has 3 atom stereocenters. The average Bonchev–Trinajstić information content (AvgIpc) is 2.83. The lowest BCUT2D eigenvalue weighted by molar-refractivity contribution is 0.254. The van der Waals surface area contributed by atoms with Gasteiger partial charge in [-0.15, -0.1) is 0 Å². The summed E-state index contributed by atoms with van der Waals surface area (Å²) in [4.78, 5) is 2.59. The van der Waals surface area contributed by atoms with Gasteiger partial charge in [0.2, 0.25) is 0 Å². The molecule has 0 saturated carbocycles. The summed E-state index contributed by atoms with van der Waals surface area (Å²) in [6.07, 6.45) is 2.58. The molecule has 2 heterocycles. The van der Waals surface area contributed by atoms with Crippen LogP contribution in [0.5, 0.6) is 5.75 Å². The number of nitrogens with zero attached hydrogens (tertiary/aromatic N) is 1. The van der Waals surface area contributed by atoms with Crippen molar-refractivity contribution in [1.82, 2.24) is 4.90 Å². The van der Waals surface area contributed by atoms with E-state index in [9.17, 15) is 0 Å². The largest absolute Gasteiger partial charge is 0.495 e. The molecule has 0 aliphatic carbocycles. The molecule has 0 amide bonds. The van der Waals surface area contributed by atoms with E-state index >= 15 is 0 Å². The van der Waals surface area contributed by atoms with E-state index in [-0.39, 0.29) is 5.41 Å². The summed E-state index contributed by atoms with van der Waals surface area (Å²) in [6, 6.07) is 7.16. The van der Waals surface area contributed by atoms with Gasteiger partial charge >= 0.3 is 0 Å². The Kier molecular flexibility index (Phi) is 3.87. The number of hydrogen-bond acceptors (Lipinski definition) is 3. The molecule has 1 aromatic carbocycles. The number of benzene rings is 1. The van der Waals surface area contributed by atoms with Gasteiger partial charge in [-0.25, -0.2) is 0 Å². The van der Waals surface area contributed by atoms with Gasteiger partial charge in [0.15, 0.2) is 0 Å². The molecule has 3 nitrogen and oxygen atoms in total. The minimum absolute atomic E-state index is 0.166. The first kappa shape index (κ1) is 14.7. The number of nitrogens with one attached hydrogen (secondary N) is 1. The molecule has 21 heavy (non-hydrogen) atoms. The Morgan fingerprint density at radius 2 is 1.95 bits per heavy atom. The zero-order chi connectivity index (χ0) is 15.0. The first-order valence-corrected chi connectivity index (χ1v) is 8.15. The smallest absolute Gasteiger partial charge is 0.141 e. The summed E-state index contributed by atoms with van der Waals surface area (Å²) in [6.45, 7) is 10.5. The lowest BCUT2D eigenvalue weighted by Gasteiger charge is -2.32. The summed E-state index contributed by atoms with van der Waals surface area (Å²) < 4.78 is 5.56. The highest BCUT2D eigenvalue weighted by Crippen LogP contribution is 2.35. The van der Waals surface area contributed by atoms with E-state index in [4.69, 9.17) is 4.74 Å². The van der Waals surface area contributed by atoms with E-state index in [2.05, 4.69) is 49.2 Å². The zero-order valence-electron chi connectivity index (χ0n) is 13.8. The van der Waals surface area contributed by atoms with Crippen molar-refractivity contribution in [3.05, 3.63) is 23.8 Å². The predicted octanol–water partition coefficient (Wildman–Crippen LogP) is 3.50. The van der Waals surface area contributed by atoms with Crippen molar-refractivity contribution in [2.45, 2.75) is 45.1 Å². The van der Waals surface area contributed by atoms with Gasteiger partial charge in [-0.3, -0.25) is 0 Å². The van der Waals surface area contributed by atoms with Crippen molar-refractivity contribution in [1.29, 1.82) is 0 Å². The van der Waals surface area contributed by atoms with Crippen molar-refractivity contribution >= 4 is 5.69 Å². The molecule has 2 fully saturated rings. The summed E-state index contributed by atoms with van der Waals surface area (Å²) >= 11 is 0. The number of rotatable bonds is 3. The van der Waals surface area contributed by atoms with Gasteiger partial charge in [-0.2, -0.15) is 0 Å². The standard InChI is InChI=1S/C18H28N2O/c1-18(2,3)14-5-6-17(21-4)16(11-14)19-15-8-10-20-9-7-13(15)12-20/h5-6,11,13,15,19H,7-10,12H2,1-4H3. The minimum Gasteiger partial charge on any atom is -0.495 e. The van der Waals surface area contributed by atoms with Crippen molar-refractivity contribution in [2.24, 2.45) is 5.92 Å². The van der Waals surface area contributed by atoms with Crippen LogP contribution in [0.3, 0.4) is 0 Å². The molecule has 2 aliphatic heterocycles. The Morgan fingerprint density at radius 3 is 2.67 bits per heavy atom. The van der Waals surface area contributed by atoms with Gasteiger partial charge in [-0.1, -0.05) is 26.8 Å². The highest BCUT2D eigenvalue weighted by molar-refractivity contribution is 5.59. The lowest BCUT2D eigenvalue weighted by atomic mass is 9.86. The Balaban J connectivity index is 1.83. The maximum Gasteiger partial charge on any atom is 0.141 e.